The molecule has 1 aromatic rings. The lowest BCUT2D eigenvalue weighted by Crippen LogP contribution is -2.09. The van der Waals surface area contributed by atoms with E-state index in [9.17, 15) is 4.79 Å². The first kappa shape index (κ1) is 20.3. The Bertz CT molecular complexity index is 428. The number of unbranched alkanes of at least 4 members (excludes halogenated alkanes) is 9. The molecule has 0 amide bonds. The van der Waals surface area contributed by atoms with Crippen LogP contribution in [0.5, 0.6) is 11.5 Å². The van der Waals surface area contributed by atoms with Gasteiger partial charge in [-0.25, -0.2) is 4.79 Å². The second-order valence-electron chi connectivity index (χ2n) is 6.18. The minimum Gasteiger partial charge on any atom is -0.494 e. The summed E-state index contributed by atoms with van der Waals surface area (Å²) in [5.41, 5.74) is 0. The molecular weight excluding hydrogens is 304 g/mol. The Hall–Kier alpha value is -1.71. The molecule has 136 valence electrons. The summed E-state index contributed by atoms with van der Waals surface area (Å²) in [7, 11) is 0. The monoisotopic (exact) mass is 336 g/mol. The van der Waals surface area contributed by atoms with Gasteiger partial charge in [0, 0.05) is 0 Å². The van der Waals surface area contributed by atoms with Gasteiger partial charge in [0.15, 0.2) is 6.61 Å². The molecule has 1 rings (SSSR count). The summed E-state index contributed by atoms with van der Waals surface area (Å²) in [6.07, 6.45) is 13.1. The number of carboxylic acids is 1. The number of ether oxygens (including phenoxy) is 2. The molecule has 4 heteroatoms. The number of rotatable bonds is 15. The van der Waals surface area contributed by atoms with E-state index in [-0.39, 0.29) is 6.61 Å². The van der Waals surface area contributed by atoms with Gasteiger partial charge in [0.2, 0.25) is 0 Å². The van der Waals surface area contributed by atoms with Crippen LogP contribution in [0.15, 0.2) is 24.3 Å². The topological polar surface area (TPSA) is 55.8 Å². The van der Waals surface area contributed by atoms with Crippen LogP contribution in [-0.4, -0.2) is 24.3 Å². The van der Waals surface area contributed by atoms with Crippen molar-refractivity contribution in [2.24, 2.45) is 0 Å². The number of carbonyl (C=O) groups is 1. The maximum atomic E-state index is 10.4. The molecule has 24 heavy (non-hydrogen) atoms. The summed E-state index contributed by atoms with van der Waals surface area (Å²) in [5, 5.41) is 8.55. The Balaban J connectivity index is 1.96. The molecule has 0 aromatic heterocycles. The highest BCUT2D eigenvalue weighted by atomic mass is 16.5. The van der Waals surface area contributed by atoms with Crippen molar-refractivity contribution >= 4 is 5.97 Å². The highest BCUT2D eigenvalue weighted by Crippen LogP contribution is 2.18. The van der Waals surface area contributed by atoms with Crippen molar-refractivity contribution in [1.82, 2.24) is 0 Å². The van der Waals surface area contributed by atoms with Gasteiger partial charge in [0.05, 0.1) is 6.61 Å². The third-order valence-corrected chi connectivity index (χ3v) is 3.95. The van der Waals surface area contributed by atoms with Crippen LogP contribution in [0.3, 0.4) is 0 Å². The lowest BCUT2D eigenvalue weighted by atomic mass is 10.1. The summed E-state index contributed by atoms with van der Waals surface area (Å²) in [5.74, 6) is 0.369. The van der Waals surface area contributed by atoms with E-state index in [1.807, 2.05) is 12.1 Å². The average molecular weight is 336 g/mol. The van der Waals surface area contributed by atoms with Crippen molar-refractivity contribution in [3.05, 3.63) is 24.3 Å². The zero-order chi connectivity index (χ0) is 17.5. The molecule has 1 aromatic carbocycles. The Morgan fingerprint density at radius 2 is 1.25 bits per heavy atom. The lowest BCUT2D eigenvalue weighted by molar-refractivity contribution is -0.139. The second-order valence-corrected chi connectivity index (χ2v) is 6.18. The van der Waals surface area contributed by atoms with Gasteiger partial charge in [-0.15, -0.1) is 0 Å². The molecule has 0 unspecified atom stereocenters. The van der Waals surface area contributed by atoms with Crippen LogP contribution in [0.25, 0.3) is 0 Å². The van der Waals surface area contributed by atoms with E-state index in [1.165, 1.54) is 57.8 Å². The zero-order valence-corrected chi connectivity index (χ0v) is 15.0. The Kier molecular flexibility index (Phi) is 11.6. The molecule has 0 spiro atoms. The van der Waals surface area contributed by atoms with Crippen LogP contribution in [0, 0.1) is 0 Å². The fourth-order valence-electron chi connectivity index (χ4n) is 2.56. The fraction of sp³-hybridized carbons (Fsp3) is 0.650. The van der Waals surface area contributed by atoms with Gasteiger partial charge in [-0.2, -0.15) is 0 Å². The summed E-state index contributed by atoms with van der Waals surface area (Å²) in [6.45, 7) is 2.66. The SMILES string of the molecule is CCCCCCCCCCCCOc1ccc(OCC(=O)O)cc1. The second kappa shape index (κ2) is 13.7. The minimum absolute atomic E-state index is 0.321. The standard InChI is InChI=1S/C20H32O4/c1-2-3-4-5-6-7-8-9-10-11-16-23-18-12-14-19(15-13-18)24-17-20(21)22/h12-15H,2-11,16-17H2,1H3,(H,21,22). The molecule has 0 saturated carbocycles. The molecule has 0 saturated heterocycles. The third kappa shape index (κ3) is 10.9. The quantitative estimate of drug-likeness (QED) is 0.433. The normalized spacial score (nSPS) is 10.5. The maximum absolute atomic E-state index is 10.4. The van der Waals surface area contributed by atoms with Crippen molar-refractivity contribution in [2.45, 2.75) is 71.1 Å². The Labute approximate surface area is 146 Å². The highest BCUT2D eigenvalue weighted by Gasteiger charge is 2.00. The molecule has 4 nitrogen and oxygen atoms in total. The molecule has 0 aliphatic rings. The Morgan fingerprint density at radius 3 is 1.75 bits per heavy atom. The van der Waals surface area contributed by atoms with Gasteiger partial charge in [0.25, 0.3) is 0 Å². The fourth-order valence-corrected chi connectivity index (χ4v) is 2.56. The van der Waals surface area contributed by atoms with Crippen molar-refractivity contribution in [3.63, 3.8) is 0 Å². The molecule has 0 aliphatic carbocycles. The van der Waals surface area contributed by atoms with Crippen molar-refractivity contribution in [1.29, 1.82) is 0 Å². The third-order valence-electron chi connectivity index (χ3n) is 3.95. The van der Waals surface area contributed by atoms with E-state index < -0.39 is 5.97 Å². The molecule has 0 radical (unpaired) electrons. The van der Waals surface area contributed by atoms with E-state index in [0.29, 0.717) is 5.75 Å². The molecular formula is C20H32O4. The summed E-state index contributed by atoms with van der Waals surface area (Å²) in [6, 6.07) is 7.09. The van der Waals surface area contributed by atoms with E-state index in [1.54, 1.807) is 12.1 Å². The minimum atomic E-state index is -0.976. The van der Waals surface area contributed by atoms with Crippen molar-refractivity contribution < 1.29 is 19.4 Å². The van der Waals surface area contributed by atoms with Crippen LogP contribution in [0.2, 0.25) is 0 Å². The van der Waals surface area contributed by atoms with Gasteiger partial charge < -0.3 is 14.6 Å². The largest absolute Gasteiger partial charge is 0.494 e. The molecule has 0 bridgehead atoms. The number of carboxylic acid groups (broad SMARTS) is 1. The van der Waals surface area contributed by atoms with Crippen LogP contribution in [0.1, 0.15) is 71.1 Å². The van der Waals surface area contributed by atoms with E-state index >= 15 is 0 Å². The summed E-state index contributed by atoms with van der Waals surface area (Å²) >= 11 is 0. The van der Waals surface area contributed by atoms with E-state index in [4.69, 9.17) is 14.6 Å². The van der Waals surface area contributed by atoms with Gasteiger partial charge in [-0.05, 0) is 30.7 Å². The first-order valence-electron chi connectivity index (χ1n) is 9.30. The first-order chi connectivity index (χ1) is 11.7. The van der Waals surface area contributed by atoms with Crippen LogP contribution in [-0.2, 0) is 4.79 Å². The van der Waals surface area contributed by atoms with Crippen LogP contribution < -0.4 is 9.47 Å². The molecule has 0 heterocycles. The predicted molar refractivity (Wildman–Crippen MR) is 96.9 cm³/mol. The van der Waals surface area contributed by atoms with Crippen molar-refractivity contribution in [2.75, 3.05) is 13.2 Å². The van der Waals surface area contributed by atoms with Gasteiger partial charge in [0.1, 0.15) is 11.5 Å². The van der Waals surface area contributed by atoms with Gasteiger partial charge >= 0.3 is 5.97 Å². The zero-order valence-electron chi connectivity index (χ0n) is 15.0. The average Bonchev–Trinajstić information content (AvgIpc) is 2.59. The number of aliphatic carboxylic acids is 1. The first-order valence-corrected chi connectivity index (χ1v) is 9.30. The van der Waals surface area contributed by atoms with Crippen LogP contribution in [0.4, 0.5) is 0 Å². The molecule has 0 fully saturated rings. The number of hydrogen-bond donors (Lipinski definition) is 1. The highest BCUT2D eigenvalue weighted by molar-refractivity contribution is 5.68. The van der Waals surface area contributed by atoms with Crippen molar-refractivity contribution in [3.8, 4) is 11.5 Å². The lowest BCUT2D eigenvalue weighted by Gasteiger charge is -2.08. The summed E-state index contributed by atoms with van der Waals surface area (Å²) in [4.78, 5) is 10.4. The van der Waals surface area contributed by atoms with Gasteiger partial charge in [-0.1, -0.05) is 64.7 Å². The smallest absolute Gasteiger partial charge is 0.341 e. The maximum Gasteiger partial charge on any atom is 0.341 e. The molecule has 1 N–H and O–H groups in total. The summed E-state index contributed by atoms with van der Waals surface area (Å²) < 4.78 is 10.8. The molecule has 0 atom stereocenters. The number of hydrogen-bond acceptors (Lipinski definition) is 3. The van der Waals surface area contributed by atoms with E-state index in [0.717, 1.165) is 18.8 Å². The Morgan fingerprint density at radius 1 is 0.792 bits per heavy atom. The molecule has 0 aliphatic heterocycles. The predicted octanol–water partition coefficient (Wildman–Crippen LogP) is 5.45. The van der Waals surface area contributed by atoms with Crippen LogP contribution >= 0.6 is 0 Å². The van der Waals surface area contributed by atoms with Gasteiger partial charge in [-0.3, -0.25) is 0 Å². The number of benzene rings is 1. The van der Waals surface area contributed by atoms with E-state index in [2.05, 4.69) is 6.92 Å².